The van der Waals surface area contributed by atoms with Gasteiger partial charge in [-0.25, -0.2) is 4.90 Å². The lowest BCUT2D eigenvalue weighted by atomic mass is 10.0. The summed E-state index contributed by atoms with van der Waals surface area (Å²) in [5.41, 5.74) is 5.27. The van der Waals surface area contributed by atoms with Crippen LogP contribution in [0.5, 0.6) is 0 Å². The molecule has 0 unspecified atom stereocenters. The van der Waals surface area contributed by atoms with Crippen molar-refractivity contribution in [3.05, 3.63) is 28.8 Å². The molecule has 1 aliphatic heterocycles. The summed E-state index contributed by atoms with van der Waals surface area (Å²) in [5, 5.41) is 9.22. The molecule has 1 atom stereocenters. The van der Waals surface area contributed by atoms with Gasteiger partial charge in [0.15, 0.2) is 0 Å². The zero-order chi connectivity index (χ0) is 13.3. The molecule has 98 valence electrons. The number of hydrogen-bond acceptors (Lipinski definition) is 2. The molecule has 1 heterocycles. The minimum absolute atomic E-state index is 0.195. The van der Waals surface area contributed by atoms with Gasteiger partial charge in [0.05, 0.1) is 6.61 Å². The molecule has 0 fully saturated rings. The molecule has 3 nitrogen and oxygen atoms in total. The number of nitrogens with zero attached hydrogens (tertiary/aromatic N) is 2. The van der Waals surface area contributed by atoms with Crippen molar-refractivity contribution in [2.24, 2.45) is 0 Å². The summed E-state index contributed by atoms with van der Waals surface area (Å²) in [7, 11) is 0. The molecule has 0 amide bonds. The van der Waals surface area contributed by atoms with Crippen molar-refractivity contribution in [2.75, 3.05) is 24.6 Å². The zero-order valence-electron chi connectivity index (χ0n) is 11.8. The molecule has 3 heteroatoms. The Morgan fingerprint density at radius 2 is 1.89 bits per heavy atom. The standard InChI is InChI=1S/C15H23N2O/c1-11-7-12(2)15(13(3)8-11)17-6-5-16(10-17)14(4)9-18/h7-8,10,14,18H,5-6,9H2,1-4H3/q+1/t14-/m0/s1. The summed E-state index contributed by atoms with van der Waals surface area (Å²) >= 11 is 0. The fraction of sp³-hybridized carbons (Fsp3) is 0.533. The highest BCUT2D eigenvalue weighted by Gasteiger charge is 2.26. The van der Waals surface area contributed by atoms with E-state index in [0.717, 1.165) is 13.1 Å². The lowest BCUT2D eigenvalue weighted by Crippen LogP contribution is -2.26. The van der Waals surface area contributed by atoms with Crippen LogP contribution >= 0.6 is 0 Å². The van der Waals surface area contributed by atoms with Crippen molar-refractivity contribution in [3.63, 3.8) is 0 Å². The predicted octanol–water partition coefficient (Wildman–Crippen LogP) is 1.85. The first-order chi connectivity index (χ1) is 8.52. The van der Waals surface area contributed by atoms with Gasteiger partial charge < -0.3 is 5.11 Å². The highest BCUT2D eigenvalue weighted by Crippen LogP contribution is 2.26. The highest BCUT2D eigenvalue weighted by molar-refractivity contribution is 5.81. The van der Waals surface area contributed by atoms with Gasteiger partial charge in [0.2, 0.25) is 6.34 Å². The van der Waals surface area contributed by atoms with Crippen molar-refractivity contribution < 1.29 is 9.68 Å². The topological polar surface area (TPSA) is 26.5 Å². The van der Waals surface area contributed by atoms with Gasteiger partial charge in [0.1, 0.15) is 24.8 Å². The van der Waals surface area contributed by atoms with E-state index in [1.54, 1.807) is 0 Å². The summed E-state index contributed by atoms with van der Waals surface area (Å²) < 4.78 is 2.21. The maximum atomic E-state index is 9.22. The van der Waals surface area contributed by atoms with Crippen molar-refractivity contribution in [1.29, 1.82) is 0 Å². The Morgan fingerprint density at radius 3 is 2.44 bits per heavy atom. The van der Waals surface area contributed by atoms with Crippen LogP contribution in [0.4, 0.5) is 5.69 Å². The maximum absolute atomic E-state index is 9.22. The molecule has 0 bridgehead atoms. The van der Waals surface area contributed by atoms with Crippen LogP contribution in [0, 0.1) is 20.8 Å². The SMILES string of the molecule is Cc1cc(C)c(N2C=[N+]([C@@H](C)CO)CC2)c(C)c1. The van der Waals surface area contributed by atoms with Gasteiger partial charge in [-0.05, 0) is 38.8 Å². The molecule has 0 saturated heterocycles. The average Bonchev–Trinajstić information content (AvgIpc) is 2.76. The van der Waals surface area contributed by atoms with E-state index in [4.69, 9.17) is 0 Å². The Hall–Kier alpha value is -1.35. The zero-order valence-corrected chi connectivity index (χ0v) is 11.8. The molecule has 0 saturated carbocycles. The molecule has 1 aromatic rings. The monoisotopic (exact) mass is 247 g/mol. The molecule has 0 spiro atoms. The first-order valence-electron chi connectivity index (χ1n) is 6.59. The third kappa shape index (κ3) is 2.41. The fourth-order valence-corrected chi connectivity index (χ4v) is 2.75. The van der Waals surface area contributed by atoms with E-state index in [2.05, 4.69) is 55.6 Å². The van der Waals surface area contributed by atoms with E-state index >= 15 is 0 Å². The lowest BCUT2D eigenvalue weighted by Gasteiger charge is -2.13. The number of anilines is 1. The molecule has 0 aromatic heterocycles. The van der Waals surface area contributed by atoms with E-state index in [1.165, 1.54) is 22.4 Å². The van der Waals surface area contributed by atoms with E-state index in [0.29, 0.717) is 0 Å². The second-order valence-electron chi connectivity index (χ2n) is 5.33. The number of aliphatic hydroxyl groups excluding tert-OH is 1. The molecular weight excluding hydrogens is 224 g/mol. The summed E-state index contributed by atoms with van der Waals surface area (Å²) in [6.07, 6.45) is 2.14. The Kier molecular flexibility index (Phi) is 3.71. The van der Waals surface area contributed by atoms with Gasteiger partial charge in [-0.2, -0.15) is 0 Å². The van der Waals surface area contributed by atoms with Crippen LogP contribution in [-0.2, 0) is 0 Å². The smallest absolute Gasteiger partial charge is 0.239 e. The van der Waals surface area contributed by atoms with Crippen LogP contribution < -0.4 is 4.90 Å². The minimum atomic E-state index is 0.195. The lowest BCUT2D eigenvalue weighted by molar-refractivity contribution is -0.552. The van der Waals surface area contributed by atoms with E-state index in [-0.39, 0.29) is 12.6 Å². The van der Waals surface area contributed by atoms with Crippen molar-refractivity contribution >= 4 is 12.0 Å². The van der Waals surface area contributed by atoms with E-state index < -0.39 is 0 Å². The van der Waals surface area contributed by atoms with Crippen LogP contribution in [0.2, 0.25) is 0 Å². The van der Waals surface area contributed by atoms with Crippen molar-refractivity contribution in [3.8, 4) is 0 Å². The quantitative estimate of drug-likeness (QED) is 0.825. The molecule has 1 aromatic carbocycles. The second kappa shape index (κ2) is 5.11. The van der Waals surface area contributed by atoms with E-state index in [1.807, 2.05) is 0 Å². The molecular formula is C15H23N2O+. The second-order valence-corrected chi connectivity index (χ2v) is 5.33. The Labute approximate surface area is 109 Å². The number of aliphatic hydroxyl groups is 1. The van der Waals surface area contributed by atoms with Crippen LogP contribution in [0.25, 0.3) is 0 Å². The Morgan fingerprint density at radius 1 is 1.28 bits per heavy atom. The molecule has 1 N–H and O–H groups in total. The number of hydrogen-bond donors (Lipinski definition) is 1. The molecule has 2 rings (SSSR count). The van der Waals surface area contributed by atoms with Crippen LogP contribution in [0.15, 0.2) is 12.1 Å². The summed E-state index contributed by atoms with van der Waals surface area (Å²) in [5.74, 6) is 0. The molecule has 1 aliphatic rings. The van der Waals surface area contributed by atoms with Gasteiger partial charge in [-0.15, -0.1) is 0 Å². The largest absolute Gasteiger partial charge is 0.392 e. The minimum Gasteiger partial charge on any atom is -0.392 e. The van der Waals surface area contributed by atoms with Gasteiger partial charge >= 0.3 is 0 Å². The summed E-state index contributed by atoms with van der Waals surface area (Å²) in [6, 6.07) is 4.66. The van der Waals surface area contributed by atoms with Crippen molar-refractivity contribution in [2.45, 2.75) is 33.7 Å². The normalized spacial score (nSPS) is 16.9. The third-order valence-corrected chi connectivity index (χ3v) is 3.64. The highest BCUT2D eigenvalue weighted by atomic mass is 16.3. The van der Waals surface area contributed by atoms with Gasteiger partial charge in [-0.1, -0.05) is 17.7 Å². The van der Waals surface area contributed by atoms with Gasteiger partial charge in [0, 0.05) is 0 Å². The average molecular weight is 247 g/mol. The summed E-state index contributed by atoms with van der Waals surface area (Å²) in [4.78, 5) is 2.30. The fourth-order valence-electron chi connectivity index (χ4n) is 2.75. The third-order valence-electron chi connectivity index (χ3n) is 3.64. The van der Waals surface area contributed by atoms with Crippen LogP contribution in [0.3, 0.4) is 0 Å². The number of benzene rings is 1. The van der Waals surface area contributed by atoms with E-state index in [9.17, 15) is 5.11 Å². The maximum Gasteiger partial charge on any atom is 0.239 e. The first-order valence-corrected chi connectivity index (χ1v) is 6.59. The molecule has 18 heavy (non-hydrogen) atoms. The van der Waals surface area contributed by atoms with Crippen molar-refractivity contribution in [1.82, 2.24) is 0 Å². The Bertz CT molecular complexity index is 456. The van der Waals surface area contributed by atoms with Gasteiger partial charge in [0.25, 0.3) is 0 Å². The van der Waals surface area contributed by atoms with Gasteiger partial charge in [-0.3, -0.25) is 4.58 Å². The molecule has 0 radical (unpaired) electrons. The van der Waals surface area contributed by atoms with Crippen LogP contribution in [-0.4, -0.2) is 41.8 Å². The molecule has 0 aliphatic carbocycles. The van der Waals surface area contributed by atoms with Crippen LogP contribution in [0.1, 0.15) is 23.6 Å². The number of rotatable bonds is 3. The predicted molar refractivity (Wildman–Crippen MR) is 75.7 cm³/mol. The first kappa shape index (κ1) is 13.1. The number of aryl methyl sites for hydroxylation is 3. The Balaban J connectivity index is 2.32. The summed E-state index contributed by atoms with van der Waals surface area (Å²) in [6.45, 7) is 10.7.